The van der Waals surface area contributed by atoms with Crippen LogP contribution in [-0.4, -0.2) is 76.2 Å². The van der Waals surface area contributed by atoms with Crippen LogP contribution in [0.5, 0.6) is 0 Å². The second kappa shape index (κ2) is 9.57. The lowest BCUT2D eigenvalue weighted by atomic mass is 9.93. The summed E-state index contributed by atoms with van der Waals surface area (Å²) in [4.78, 5) is 22.0. The predicted molar refractivity (Wildman–Crippen MR) is 137 cm³/mol. The first-order valence-corrected chi connectivity index (χ1v) is 14.4. The number of piperidine rings is 1. The van der Waals surface area contributed by atoms with E-state index in [1.807, 2.05) is 12.1 Å². The van der Waals surface area contributed by atoms with Crippen LogP contribution in [0.25, 0.3) is 10.4 Å². The van der Waals surface area contributed by atoms with Crippen molar-refractivity contribution in [3.05, 3.63) is 23.9 Å². The average Bonchev–Trinajstić information content (AvgIpc) is 3.43. The van der Waals surface area contributed by atoms with Gasteiger partial charge in [-0.25, -0.2) is 13.4 Å². The van der Waals surface area contributed by atoms with E-state index < -0.39 is 22.5 Å². The van der Waals surface area contributed by atoms with Gasteiger partial charge in [-0.2, -0.15) is 0 Å². The summed E-state index contributed by atoms with van der Waals surface area (Å²) >= 11 is 1.42. The minimum absolute atomic E-state index is 0.224. The number of aromatic nitrogens is 1. The number of ether oxygens (including phenoxy) is 1. The molecule has 0 bridgehead atoms. The zero-order valence-corrected chi connectivity index (χ0v) is 21.2. The van der Waals surface area contributed by atoms with Crippen LogP contribution in [-0.2, 0) is 14.8 Å². The number of benzene rings is 1. The van der Waals surface area contributed by atoms with Crippen molar-refractivity contribution in [1.82, 2.24) is 4.98 Å². The summed E-state index contributed by atoms with van der Waals surface area (Å²) in [6.45, 7) is 3.85. The number of rotatable bonds is 8. The maximum absolute atomic E-state index is 12.4. The Kier molecular flexibility index (Phi) is 6.64. The van der Waals surface area contributed by atoms with Gasteiger partial charge in [0.2, 0.25) is 10.0 Å². The smallest absolute Gasteiger partial charge is 0.268 e. The van der Waals surface area contributed by atoms with E-state index in [1.54, 1.807) is 6.07 Å². The number of nitrogens with zero attached hydrogens (tertiary/aromatic N) is 3. The number of carbonyl (C=O) groups is 1. The van der Waals surface area contributed by atoms with Crippen LogP contribution in [0.15, 0.2) is 18.2 Å². The van der Waals surface area contributed by atoms with Gasteiger partial charge in [0.25, 0.3) is 5.91 Å². The molecule has 3 heterocycles. The number of hydrogen-bond donors (Lipinski definition) is 3. The molecule has 3 aliphatic rings. The highest BCUT2D eigenvalue weighted by Crippen LogP contribution is 2.54. The molecule has 5 rings (SSSR count). The number of nitrogens with one attached hydrogen (secondary N) is 1. The molecule has 2 saturated heterocycles. The van der Waals surface area contributed by atoms with Crippen LogP contribution in [0.3, 0.4) is 0 Å². The molecule has 0 atom stereocenters. The highest BCUT2D eigenvalue weighted by Gasteiger charge is 2.44. The van der Waals surface area contributed by atoms with E-state index in [0.29, 0.717) is 42.3 Å². The molecule has 1 aliphatic carbocycles. The summed E-state index contributed by atoms with van der Waals surface area (Å²) in [6.07, 6.45) is 4.74. The van der Waals surface area contributed by atoms with E-state index in [4.69, 9.17) is 15.6 Å². The number of amides is 1. The second-order valence-corrected chi connectivity index (χ2v) is 12.3. The van der Waals surface area contributed by atoms with Crippen molar-refractivity contribution in [3.63, 3.8) is 0 Å². The van der Waals surface area contributed by atoms with Crippen molar-refractivity contribution >= 4 is 43.8 Å². The van der Waals surface area contributed by atoms with Gasteiger partial charge >= 0.3 is 0 Å². The van der Waals surface area contributed by atoms with Crippen molar-refractivity contribution in [2.75, 3.05) is 66.3 Å². The van der Waals surface area contributed by atoms with Gasteiger partial charge in [-0.1, -0.05) is 11.3 Å². The standard InChI is InChI=1S/C23H31N5O5S2/c24-21(30)19-20(34-22(25-19)28-9-12-33-13-10-28)17-2-1-16(26-35(31,32)14-11-29)15-18(17)27-7-5-23(3-4-23)6-8-27/h1-2,15,26,29H,3-14H2,(H2,24,30). The molecule has 1 aromatic carbocycles. The molecule has 1 saturated carbocycles. The molecule has 35 heavy (non-hydrogen) atoms. The highest BCUT2D eigenvalue weighted by atomic mass is 32.2. The summed E-state index contributed by atoms with van der Waals surface area (Å²) < 4.78 is 32.6. The number of sulfonamides is 1. The van der Waals surface area contributed by atoms with Crippen LogP contribution >= 0.6 is 11.3 Å². The largest absolute Gasteiger partial charge is 0.395 e. The number of aliphatic hydroxyl groups is 1. The summed E-state index contributed by atoms with van der Waals surface area (Å²) in [7, 11) is -3.67. The van der Waals surface area contributed by atoms with Gasteiger partial charge in [0.05, 0.1) is 36.1 Å². The summed E-state index contributed by atoms with van der Waals surface area (Å²) in [5.41, 5.74) is 8.53. The number of carbonyl (C=O) groups excluding carboxylic acids is 1. The van der Waals surface area contributed by atoms with E-state index in [9.17, 15) is 13.2 Å². The fourth-order valence-corrected chi connectivity index (χ4v) is 6.83. The Morgan fingerprint density at radius 2 is 1.86 bits per heavy atom. The Morgan fingerprint density at radius 3 is 2.49 bits per heavy atom. The third-order valence-corrected chi connectivity index (χ3v) is 9.54. The maximum atomic E-state index is 12.4. The second-order valence-electron chi connectivity index (χ2n) is 9.50. The first-order valence-electron chi connectivity index (χ1n) is 11.9. The van der Waals surface area contributed by atoms with Crippen molar-refractivity contribution in [2.45, 2.75) is 25.7 Å². The number of morpholine rings is 1. The van der Waals surface area contributed by atoms with Gasteiger partial charge in [-0.15, -0.1) is 0 Å². The molecule has 0 radical (unpaired) electrons. The van der Waals surface area contributed by atoms with Crippen molar-refractivity contribution in [3.8, 4) is 10.4 Å². The zero-order chi connectivity index (χ0) is 24.6. The SMILES string of the molecule is NC(=O)c1nc(N2CCOCC2)sc1-c1ccc(NS(=O)(=O)CCO)cc1N1CCC2(CC1)CC2. The van der Waals surface area contributed by atoms with Gasteiger partial charge in [0.1, 0.15) is 5.69 Å². The Morgan fingerprint density at radius 1 is 1.14 bits per heavy atom. The summed E-state index contributed by atoms with van der Waals surface area (Å²) in [5, 5.41) is 9.82. The topological polar surface area (TPSA) is 138 Å². The Bertz CT molecular complexity index is 1190. The quantitative estimate of drug-likeness (QED) is 0.479. The van der Waals surface area contributed by atoms with Gasteiger partial charge in [0.15, 0.2) is 5.13 Å². The highest BCUT2D eigenvalue weighted by molar-refractivity contribution is 7.92. The van der Waals surface area contributed by atoms with Crippen molar-refractivity contribution in [2.24, 2.45) is 11.1 Å². The van der Waals surface area contributed by atoms with Gasteiger partial charge in [0, 0.05) is 37.4 Å². The average molecular weight is 522 g/mol. The van der Waals surface area contributed by atoms with Crippen LogP contribution in [0.4, 0.5) is 16.5 Å². The minimum atomic E-state index is -3.67. The third kappa shape index (κ3) is 5.25. The zero-order valence-electron chi connectivity index (χ0n) is 19.5. The van der Waals surface area contributed by atoms with Crippen LogP contribution < -0.4 is 20.3 Å². The third-order valence-electron chi connectivity index (χ3n) is 7.13. The summed E-state index contributed by atoms with van der Waals surface area (Å²) in [5.74, 6) is -0.968. The lowest BCUT2D eigenvalue weighted by Crippen LogP contribution is -2.36. The Hall–Kier alpha value is -2.41. The number of hydrogen-bond acceptors (Lipinski definition) is 9. The van der Waals surface area contributed by atoms with Crippen LogP contribution in [0.2, 0.25) is 0 Å². The van der Waals surface area contributed by atoms with Gasteiger partial charge < -0.3 is 25.4 Å². The lowest BCUT2D eigenvalue weighted by Gasteiger charge is -2.35. The molecule has 190 valence electrons. The number of nitrogens with two attached hydrogens (primary N) is 1. The molecule has 2 aromatic rings. The Labute approximate surface area is 209 Å². The number of anilines is 3. The molecule has 4 N–H and O–H groups in total. The molecule has 3 fully saturated rings. The fourth-order valence-electron chi connectivity index (χ4n) is 4.85. The maximum Gasteiger partial charge on any atom is 0.268 e. The van der Waals surface area contributed by atoms with Crippen molar-refractivity contribution in [1.29, 1.82) is 0 Å². The molecule has 1 spiro atoms. The first-order chi connectivity index (χ1) is 16.8. The molecule has 2 aliphatic heterocycles. The Balaban J connectivity index is 1.54. The molecule has 1 amide bonds. The minimum Gasteiger partial charge on any atom is -0.395 e. The fraction of sp³-hybridized carbons (Fsp3) is 0.565. The molecular weight excluding hydrogens is 490 g/mol. The monoisotopic (exact) mass is 521 g/mol. The number of primary amides is 1. The van der Waals surface area contributed by atoms with Gasteiger partial charge in [-0.3, -0.25) is 9.52 Å². The number of thiazole rings is 1. The van der Waals surface area contributed by atoms with Crippen LogP contribution in [0, 0.1) is 5.41 Å². The van der Waals surface area contributed by atoms with Crippen molar-refractivity contribution < 1.29 is 23.1 Å². The van der Waals surface area contributed by atoms with E-state index in [2.05, 4.69) is 19.5 Å². The predicted octanol–water partition coefficient (Wildman–Crippen LogP) is 1.86. The normalized spacial score (nSPS) is 19.7. The molecule has 1 aromatic heterocycles. The van der Waals surface area contributed by atoms with Crippen LogP contribution in [0.1, 0.15) is 36.2 Å². The molecule has 12 heteroatoms. The molecular formula is C23H31N5O5S2. The number of aliphatic hydroxyl groups excluding tert-OH is 1. The lowest BCUT2D eigenvalue weighted by molar-refractivity contribution is 0.0996. The van der Waals surface area contributed by atoms with Gasteiger partial charge in [-0.05, 0) is 49.3 Å². The first kappa shape index (κ1) is 24.3. The molecule has 10 nitrogen and oxygen atoms in total. The summed E-state index contributed by atoms with van der Waals surface area (Å²) in [6, 6.07) is 5.32. The van der Waals surface area contributed by atoms with E-state index >= 15 is 0 Å². The molecule has 0 unspecified atom stereocenters. The van der Waals surface area contributed by atoms with E-state index in [-0.39, 0.29) is 11.4 Å². The van der Waals surface area contributed by atoms with E-state index in [1.165, 1.54) is 24.2 Å². The van der Waals surface area contributed by atoms with E-state index in [0.717, 1.165) is 42.3 Å².